The summed E-state index contributed by atoms with van der Waals surface area (Å²) in [4.78, 5) is 12.9. The molecule has 0 aromatic heterocycles. The predicted octanol–water partition coefficient (Wildman–Crippen LogP) is 4.19. The Morgan fingerprint density at radius 3 is 2.48 bits per heavy atom. The molecule has 29 heavy (non-hydrogen) atoms. The van der Waals surface area contributed by atoms with Crippen LogP contribution in [0.15, 0.2) is 18.2 Å². The van der Waals surface area contributed by atoms with Gasteiger partial charge in [-0.3, -0.25) is 4.79 Å². The Labute approximate surface area is 179 Å². The fourth-order valence-electron chi connectivity index (χ4n) is 6.50. The van der Waals surface area contributed by atoms with Crippen LogP contribution in [0.4, 0.5) is 0 Å². The van der Waals surface area contributed by atoms with Gasteiger partial charge in [-0.15, -0.1) is 0 Å². The number of hydrogen-bond donors (Lipinski definition) is 3. The molecule has 4 aliphatic rings. The molecule has 4 nitrogen and oxygen atoms in total. The van der Waals surface area contributed by atoms with Crippen molar-refractivity contribution in [2.75, 3.05) is 19.6 Å². The van der Waals surface area contributed by atoms with Crippen molar-refractivity contribution < 1.29 is 9.90 Å². The van der Waals surface area contributed by atoms with Crippen LogP contribution in [0.25, 0.3) is 0 Å². The van der Waals surface area contributed by atoms with Crippen molar-refractivity contribution in [3.05, 3.63) is 34.3 Å². The second-order valence-corrected chi connectivity index (χ2v) is 10.5. The Balaban J connectivity index is 1.31. The van der Waals surface area contributed by atoms with Crippen LogP contribution in [0.5, 0.6) is 0 Å². The van der Waals surface area contributed by atoms with E-state index in [0.717, 1.165) is 49.2 Å². The van der Waals surface area contributed by atoms with Crippen molar-refractivity contribution in [1.82, 2.24) is 10.6 Å². The van der Waals surface area contributed by atoms with Gasteiger partial charge in [-0.2, -0.15) is 0 Å². The third-order valence-corrected chi connectivity index (χ3v) is 7.65. The van der Waals surface area contributed by atoms with Gasteiger partial charge in [-0.25, -0.2) is 0 Å². The lowest BCUT2D eigenvalue weighted by molar-refractivity contribution is -0.0503. The van der Waals surface area contributed by atoms with Gasteiger partial charge in [-0.1, -0.05) is 17.7 Å². The second-order valence-electron chi connectivity index (χ2n) is 10.1. The zero-order valence-corrected chi connectivity index (χ0v) is 18.3. The van der Waals surface area contributed by atoms with Crippen molar-refractivity contribution in [3.8, 4) is 0 Å². The molecule has 4 saturated carbocycles. The van der Waals surface area contributed by atoms with E-state index in [4.69, 9.17) is 11.6 Å². The number of carbonyl (C=O) groups excluding carboxylic acids is 1. The molecule has 4 aliphatic carbocycles. The maximum absolute atomic E-state index is 12.9. The maximum Gasteiger partial charge on any atom is 0.252 e. The molecule has 1 aromatic rings. The zero-order valence-electron chi connectivity index (χ0n) is 17.6. The topological polar surface area (TPSA) is 61.4 Å². The van der Waals surface area contributed by atoms with E-state index in [9.17, 15) is 9.90 Å². The summed E-state index contributed by atoms with van der Waals surface area (Å²) >= 11 is 6.36. The summed E-state index contributed by atoms with van der Waals surface area (Å²) in [5.41, 5.74) is 2.07. The summed E-state index contributed by atoms with van der Waals surface area (Å²) in [6.07, 6.45) is 9.69. The SMILES string of the molecule is CC(O)CNCCCc1ccc(Cl)c(C(=O)NCC23CC4CC(CC(C4)C2)C3)c1. The molecule has 160 valence electrons. The largest absolute Gasteiger partial charge is 0.392 e. The van der Waals surface area contributed by atoms with Gasteiger partial charge in [0.2, 0.25) is 0 Å². The fraction of sp³-hybridized carbons (Fsp3) is 0.708. The summed E-state index contributed by atoms with van der Waals surface area (Å²) < 4.78 is 0. The first-order chi connectivity index (χ1) is 13.9. The Kier molecular flexibility index (Phi) is 6.53. The number of benzene rings is 1. The van der Waals surface area contributed by atoms with Gasteiger partial charge in [0, 0.05) is 13.1 Å². The lowest BCUT2D eigenvalue weighted by atomic mass is 9.49. The molecule has 3 N–H and O–H groups in total. The highest BCUT2D eigenvalue weighted by Crippen LogP contribution is 2.59. The lowest BCUT2D eigenvalue weighted by Crippen LogP contribution is -2.51. The number of carbonyl (C=O) groups is 1. The monoisotopic (exact) mass is 418 g/mol. The summed E-state index contributed by atoms with van der Waals surface area (Å²) in [7, 11) is 0. The molecule has 0 radical (unpaired) electrons. The molecular formula is C24H35ClN2O2. The van der Waals surface area contributed by atoms with E-state index in [1.54, 1.807) is 6.92 Å². The standard InChI is InChI=1S/C24H35ClN2O2/c1-16(28)14-26-6-2-3-17-4-5-22(25)21(10-17)23(29)27-15-24-11-18-7-19(12-24)9-20(8-18)13-24/h4-5,10,16,18-20,26,28H,2-3,6-9,11-15H2,1H3,(H,27,29). The van der Waals surface area contributed by atoms with Crippen LogP contribution in [-0.2, 0) is 6.42 Å². The summed E-state index contributed by atoms with van der Waals surface area (Å²) in [5, 5.41) is 16.3. The van der Waals surface area contributed by atoms with E-state index < -0.39 is 0 Å². The summed E-state index contributed by atoms with van der Waals surface area (Å²) in [6.45, 7) is 4.04. The van der Waals surface area contributed by atoms with Crippen LogP contribution in [0.3, 0.4) is 0 Å². The van der Waals surface area contributed by atoms with E-state index >= 15 is 0 Å². The van der Waals surface area contributed by atoms with E-state index in [-0.39, 0.29) is 12.0 Å². The quantitative estimate of drug-likeness (QED) is 0.527. The van der Waals surface area contributed by atoms with E-state index in [1.165, 1.54) is 38.5 Å². The number of hydrogen-bond acceptors (Lipinski definition) is 3. The van der Waals surface area contributed by atoms with Crippen LogP contribution < -0.4 is 10.6 Å². The normalized spacial score (nSPS) is 31.1. The first kappa shape index (κ1) is 21.1. The molecule has 1 atom stereocenters. The lowest BCUT2D eigenvalue weighted by Gasteiger charge is -2.56. The molecule has 4 fully saturated rings. The number of rotatable bonds is 9. The third-order valence-electron chi connectivity index (χ3n) is 7.32. The number of halogens is 1. The van der Waals surface area contributed by atoms with Gasteiger partial charge in [-0.05, 0) is 106 Å². The summed E-state index contributed by atoms with van der Waals surface area (Å²) in [5.74, 6) is 2.66. The molecule has 4 bridgehead atoms. The molecular weight excluding hydrogens is 384 g/mol. The maximum atomic E-state index is 12.9. The molecule has 0 heterocycles. The minimum atomic E-state index is -0.324. The van der Waals surface area contributed by atoms with Gasteiger partial charge >= 0.3 is 0 Å². The molecule has 0 saturated heterocycles. The third kappa shape index (κ3) is 5.15. The van der Waals surface area contributed by atoms with E-state index in [0.29, 0.717) is 22.5 Å². The average Bonchev–Trinajstić information content (AvgIpc) is 2.66. The zero-order chi connectivity index (χ0) is 20.4. The van der Waals surface area contributed by atoms with Gasteiger partial charge in [0.05, 0.1) is 16.7 Å². The van der Waals surface area contributed by atoms with E-state index in [1.807, 2.05) is 18.2 Å². The highest BCUT2D eigenvalue weighted by Gasteiger charge is 2.50. The van der Waals surface area contributed by atoms with Crippen LogP contribution in [-0.4, -0.2) is 36.8 Å². The molecule has 0 spiro atoms. The smallest absolute Gasteiger partial charge is 0.252 e. The molecule has 1 amide bonds. The highest BCUT2D eigenvalue weighted by molar-refractivity contribution is 6.33. The molecule has 1 aromatic carbocycles. The number of nitrogens with one attached hydrogen (secondary N) is 2. The van der Waals surface area contributed by atoms with Gasteiger partial charge in [0.15, 0.2) is 0 Å². The highest BCUT2D eigenvalue weighted by atomic mass is 35.5. The van der Waals surface area contributed by atoms with Gasteiger partial charge in [0.25, 0.3) is 5.91 Å². The number of aryl methyl sites for hydroxylation is 1. The van der Waals surface area contributed by atoms with Crippen LogP contribution in [0, 0.1) is 23.2 Å². The van der Waals surface area contributed by atoms with E-state index in [2.05, 4.69) is 10.6 Å². The second kappa shape index (κ2) is 8.95. The van der Waals surface area contributed by atoms with Crippen molar-refractivity contribution in [3.63, 3.8) is 0 Å². The van der Waals surface area contributed by atoms with Crippen LogP contribution in [0.1, 0.15) is 67.8 Å². The minimum Gasteiger partial charge on any atom is -0.392 e. The van der Waals surface area contributed by atoms with Crippen molar-refractivity contribution in [1.29, 1.82) is 0 Å². The summed E-state index contributed by atoms with van der Waals surface area (Å²) in [6, 6.07) is 5.80. The Morgan fingerprint density at radius 2 is 1.86 bits per heavy atom. The fourth-order valence-corrected chi connectivity index (χ4v) is 6.70. The van der Waals surface area contributed by atoms with Crippen molar-refractivity contribution in [2.45, 2.75) is 64.4 Å². The van der Waals surface area contributed by atoms with Crippen LogP contribution in [0.2, 0.25) is 5.02 Å². The minimum absolute atomic E-state index is 0.0279. The number of aliphatic hydroxyl groups excluding tert-OH is 1. The Bertz CT molecular complexity index is 698. The molecule has 5 rings (SSSR count). The Morgan fingerprint density at radius 1 is 1.21 bits per heavy atom. The first-order valence-corrected chi connectivity index (χ1v) is 11.8. The number of amides is 1. The van der Waals surface area contributed by atoms with Gasteiger partial charge < -0.3 is 15.7 Å². The Hall–Kier alpha value is -1.10. The molecule has 5 heteroatoms. The van der Waals surface area contributed by atoms with Gasteiger partial charge in [0.1, 0.15) is 0 Å². The average molecular weight is 419 g/mol. The first-order valence-electron chi connectivity index (χ1n) is 11.4. The van der Waals surface area contributed by atoms with Crippen molar-refractivity contribution in [2.24, 2.45) is 23.2 Å². The predicted molar refractivity (Wildman–Crippen MR) is 117 cm³/mol. The van der Waals surface area contributed by atoms with Crippen LogP contribution >= 0.6 is 11.6 Å². The molecule has 0 aliphatic heterocycles. The molecule has 1 unspecified atom stereocenters. The van der Waals surface area contributed by atoms with Crippen molar-refractivity contribution >= 4 is 17.5 Å². The number of aliphatic hydroxyl groups is 1.